The van der Waals surface area contributed by atoms with Crippen LogP contribution < -0.4 is 10.6 Å². The Morgan fingerprint density at radius 1 is 1.17 bits per heavy atom. The summed E-state index contributed by atoms with van der Waals surface area (Å²) in [5.41, 5.74) is 2.94. The first kappa shape index (κ1) is 21.2. The van der Waals surface area contributed by atoms with Crippen molar-refractivity contribution in [1.82, 2.24) is 4.90 Å². The normalized spacial score (nSPS) is 14.4. The topological polar surface area (TPSA) is 68.2 Å². The summed E-state index contributed by atoms with van der Waals surface area (Å²) in [5.74, 6) is -0.223. The van der Waals surface area contributed by atoms with Crippen LogP contribution in [0.3, 0.4) is 0 Å². The van der Waals surface area contributed by atoms with Crippen molar-refractivity contribution in [1.29, 1.82) is 5.26 Å². The lowest BCUT2D eigenvalue weighted by Crippen LogP contribution is -2.33. The summed E-state index contributed by atoms with van der Waals surface area (Å²) in [5, 5.41) is 15.7. The van der Waals surface area contributed by atoms with Crippen molar-refractivity contribution >= 4 is 28.9 Å². The van der Waals surface area contributed by atoms with Crippen molar-refractivity contribution in [2.75, 3.05) is 24.2 Å². The average Bonchev–Trinajstić information content (AvgIpc) is 2.74. The molecular formula is C23H27ClN4O. The van der Waals surface area contributed by atoms with E-state index in [1.165, 1.54) is 37.7 Å². The second-order valence-corrected chi connectivity index (χ2v) is 8.00. The monoisotopic (exact) mass is 410 g/mol. The van der Waals surface area contributed by atoms with Crippen LogP contribution in [0.1, 0.15) is 43.2 Å². The Hall–Kier alpha value is -2.55. The zero-order chi connectivity index (χ0) is 20.6. The number of hydrogen-bond acceptors (Lipinski definition) is 4. The van der Waals surface area contributed by atoms with Gasteiger partial charge in [-0.05, 0) is 49.7 Å². The maximum Gasteiger partial charge on any atom is 0.243 e. The molecule has 0 unspecified atom stereocenters. The van der Waals surface area contributed by atoms with Gasteiger partial charge in [-0.3, -0.25) is 9.69 Å². The molecule has 1 aliphatic rings. The van der Waals surface area contributed by atoms with Crippen LogP contribution in [0.2, 0.25) is 5.02 Å². The van der Waals surface area contributed by atoms with Gasteiger partial charge >= 0.3 is 0 Å². The smallest absolute Gasteiger partial charge is 0.243 e. The molecule has 29 heavy (non-hydrogen) atoms. The fraction of sp³-hybridized carbons (Fsp3) is 0.391. The molecule has 6 heteroatoms. The first-order valence-electron chi connectivity index (χ1n) is 10.1. The van der Waals surface area contributed by atoms with Crippen LogP contribution in [0.4, 0.5) is 11.4 Å². The van der Waals surface area contributed by atoms with Crippen LogP contribution >= 0.6 is 11.6 Å². The zero-order valence-electron chi connectivity index (χ0n) is 16.7. The van der Waals surface area contributed by atoms with Crippen molar-refractivity contribution in [3.63, 3.8) is 0 Å². The van der Waals surface area contributed by atoms with E-state index in [9.17, 15) is 10.1 Å². The number of benzene rings is 2. The molecule has 1 amide bonds. The quantitative estimate of drug-likeness (QED) is 0.671. The van der Waals surface area contributed by atoms with Gasteiger partial charge in [0.15, 0.2) is 0 Å². The number of para-hydroxylation sites is 1. The van der Waals surface area contributed by atoms with Gasteiger partial charge < -0.3 is 10.6 Å². The van der Waals surface area contributed by atoms with Crippen LogP contribution in [0.25, 0.3) is 0 Å². The summed E-state index contributed by atoms with van der Waals surface area (Å²) in [6, 6.07) is 15.6. The van der Waals surface area contributed by atoms with Crippen LogP contribution in [0, 0.1) is 11.3 Å². The lowest BCUT2D eigenvalue weighted by Gasteiger charge is -2.31. The maximum absolute atomic E-state index is 12.4. The third-order valence-corrected chi connectivity index (χ3v) is 5.69. The third-order valence-electron chi connectivity index (χ3n) is 5.45. The molecule has 0 bridgehead atoms. The zero-order valence-corrected chi connectivity index (χ0v) is 17.5. The van der Waals surface area contributed by atoms with Gasteiger partial charge in [-0.15, -0.1) is 0 Å². The van der Waals surface area contributed by atoms with Crippen molar-refractivity contribution in [3.8, 4) is 6.07 Å². The average molecular weight is 411 g/mol. The number of carbonyl (C=O) groups is 1. The summed E-state index contributed by atoms with van der Waals surface area (Å²) in [6.07, 6.45) is 6.48. The van der Waals surface area contributed by atoms with E-state index in [0.717, 1.165) is 12.2 Å². The molecule has 2 N–H and O–H groups in total. The van der Waals surface area contributed by atoms with Crippen LogP contribution in [0.5, 0.6) is 0 Å². The molecule has 2 aromatic carbocycles. The molecule has 152 valence electrons. The van der Waals surface area contributed by atoms with Crippen LogP contribution in [-0.4, -0.2) is 30.4 Å². The van der Waals surface area contributed by atoms with Gasteiger partial charge in [0.2, 0.25) is 5.91 Å². The van der Waals surface area contributed by atoms with Crippen LogP contribution in [0.15, 0.2) is 42.5 Å². The number of halogens is 1. The fourth-order valence-corrected chi connectivity index (χ4v) is 4.01. The van der Waals surface area contributed by atoms with Crippen molar-refractivity contribution < 1.29 is 4.79 Å². The molecule has 5 nitrogen and oxygen atoms in total. The number of amides is 1. The number of carbonyl (C=O) groups excluding carboxylic acids is 1. The summed E-state index contributed by atoms with van der Waals surface area (Å²) in [4.78, 5) is 14.8. The van der Waals surface area contributed by atoms with Crippen LogP contribution in [-0.2, 0) is 11.3 Å². The van der Waals surface area contributed by atoms with E-state index in [0.29, 0.717) is 22.3 Å². The van der Waals surface area contributed by atoms with E-state index in [1.54, 1.807) is 18.2 Å². The number of anilines is 2. The Morgan fingerprint density at radius 2 is 1.93 bits per heavy atom. The Bertz CT molecular complexity index is 887. The molecule has 0 radical (unpaired) electrons. The van der Waals surface area contributed by atoms with E-state index >= 15 is 0 Å². The molecule has 0 atom stereocenters. The Labute approximate surface area is 177 Å². The molecule has 2 aromatic rings. The van der Waals surface area contributed by atoms with E-state index < -0.39 is 0 Å². The number of nitrogens with zero attached hydrogens (tertiary/aromatic N) is 2. The Morgan fingerprint density at radius 3 is 2.69 bits per heavy atom. The lowest BCUT2D eigenvalue weighted by atomic mass is 9.94. The maximum atomic E-state index is 12.4. The van der Waals surface area contributed by atoms with E-state index in [4.69, 9.17) is 11.6 Å². The Balaban J connectivity index is 1.60. The van der Waals surface area contributed by atoms with Crippen molar-refractivity contribution in [2.24, 2.45) is 0 Å². The number of rotatable bonds is 7. The van der Waals surface area contributed by atoms with Gasteiger partial charge in [0.1, 0.15) is 6.07 Å². The minimum Gasteiger partial charge on any atom is -0.376 e. The summed E-state index contributed by atoms with van der Waals surface area (Å²) in [6.45, 7) is 0.962. The first-order chi connectivity index (χ1) is 14.1. The molecular weight excluding hydrogens is 384 g/mol. The summed E-state index contributed by atoms with van der Waals surface area (Å²) in [7, 11) is 2.18. The second-order valence-electron chi connectivity index (χ2n) is 7.57. The predicted octanol–water partition coefficient (Wildman–Crippen LogP) is 5.03. The third kappa shape index (κ3) is 5.96. The van der Waals surface area contributed by atoms with Gasteiger partial charge in [-0.2, -0.15) is 5.26 Å². The standard InChI is InChI=1S/C23H27ClN4O/c1-28(20-8-3-2-4-9-20)16-18-7-5-6-10-21(18)26-15-23(29)27-22-13-19(24)12-11-17(22)14-25/h5-7,10-13,20,26H,2-4,8-9,15-16H2,1H3,(H,27,29). The van der Waals surface area contributed by atoms with E-state index in [2.05, 4.69) is 34.7 Å². The van der Waals surface area contributed by atoms with Gasteiger partial charge in [0.05, 0.1) is 17.8 Å². The minimum atomic E-state index is -0.223. The largest absolute Gasteiger partial charge is 0.376 e. The van der Waals surface area contributed by atoms with Gasteiger partial charge in [0.25, 0.3) is 0 Å². The Kier molecular flexibility index (Phi) is 7.51. The van der Waals surface area contributed by atoms with Crippen molar-refractivity contribution in [2.45, 2.75) is 44.7 Å². The van der Waals surface area contributed by atoms with Gasteiger partial charge in [0, 0.05) is 23.3 Å². The highest BCUT2D eigenvalue weighted by molar-refractivity contribution is 6.31. The second kappa shape index (κ2) is 10.3. The number of nitriles is 1. The van der Waals surface area contributed by atoms with Crippen molar-refractivity contribution in [3.05, 3.63) is 58.6 Å². The fourth-order valence-electron chi connectivity index (χ4n) is 3.84. The minimum absolute atomic E-state index is 0.113. The lowest BCUT2D eigenvalue weighted by molar-refractivity contribution is -0.114. The van der Waals surface area contributed by atoms with E-state index in [-0.39, 0.29) is 12.5 Å². The number of hydrogen-bond donors (Lipinski definition) is 2. The summed E-state index contributed by atoms with van der Waals surface area (Å²) < 4.78 is 0. The molecule has 0 heterocycles. The highest BCUT2D eigenvalue weighted by Gasteiger charge is 2.19. The SMILES string of the molecule is CN(Cc1ccccc1NCC(=O)Nc1cc(Cl)ccc1C#N)C1CCCCC1. The molecule has 1 aliphatic carbocycles. The predicted molar refractivity (Wildman–Crippen MR) is 118 cm³/mol. The molecule has 1 fully saturated rings. The van der Waals surface area contributed by atoms with Gasteiger partial charge in [-0.25, -0.2) is 0 Å². The number of nitrogens with one attached hydrogen (secondary N) is 2. The first-order valence-corrected chi connectivity index (χ1v) is 10.5. The summed E-state index contributed by atoms with van der Waals surface area (Å²) >= 11 is 5.98. The molecule has 0 aromatic heterocycles. The molecule has 0 aliphatic heterocycles. The molecule has 3 rings (SSSR count). The molecule has 0 spiro atoms. The molecule has 1 saturated carbocycles. The molecule has 0 saturated heterocycles. The highest BCUT2D eigenvalue weighted by Crippen LogP contribution is 2.25. The van der Waals surface area contributed by atoms with E-state index in [1.807, 2.05) is 18.2 Å². The highest BCUT2D eigenvalue weighted by atomic mass is 35.5. The van der Waals surface area contributed by atoms with Gasteiger partial charge in [-0.1, -0.05) is 49.1 Å².